The predicted molar refractivity (Wildman–Crippen MR) is 91.8 cm³/mol. The highest BCUT2D eigenvalue weighted by molar-refractivity contribution is 5.36. The molecule has 2 rings (SSSR count). The molecule has 4 nitrogen and oxygen atoms in total. The van der Waals surface area contributed by atoms with Crippen LogP contribution in [0.1, 0.15) is 25.1 Å². The number of aryl methyl sites for hydroxylation is 1. The Morgan fingerprint density at radius 2 is 1.86 bits per heavy atom. The van der Waals surface area contributed by atoms with Crippen LogP contribution in [-0.4, -0.2) is 34.5 Å². The van der Waals surface area contributed by atoms with E-state index in [1.807, 2.05) is 13.0 Å². The van der Waals surface area contributed by atoms with Gasteiger partial charge in [-0.15, -0.1) is 0 Å². The van der Waals surface area contributed by atoms with E-state index in [-0.39, 0.29) is 0 Å². The molecule has 1 aromatic heterocycles. The van der Waals surface area contributed by atoms with Gasteiger partial charge in [0.25, 0.3) is 0 Å². The number of rotatable bonds is 7. The van der Waals surface area contributed by atoms with Crippen molar-refractivity contribution in [2.75, 3.05) is 18.9 Å². The third-order valence-corrected chi connectivity index (χ3v) is 3.75. The van der Waals surface area contributed by atoms with Crippen LogP contribution in [0.25, 0.3) is 0 Å². The summed E-state index contributed by atoms with van der Waals surface area (Å²) in [5, 5.41) is 3.54. The largest absolute Gasteiger partial charge is 0.366 e. The first kappa shape index (κ1) is 16.4. The molecular weight excluding hydrogens is 272 g/mol. The topological polar surface area (TPSA) is 41.0 Å². The fourth-order valence-corrected chi connectivity index (χ4v) is 2.44. The summed E-state index contributed by atoms with van der Waals surface area (Å²) >= 11 is 0. The van der Waals surface area contributed by atoms with E-state index in [2.05, 4.69) is 71.4 Å². The standard InChI is InChI=1S/C18H26N4/c1-14(2)17(21-18-10-15(3)19-13-20-18)12-22(4)11-16-8-6-5-7-9-16/h5-10,13-14,17H,11-12H2,1-4H3,(H,19,20,21). The number of anilines is 1. The Balaban J connectivity index is 1.96. The third kappa shape index (κ3) is 5.11. The summed E-state index contributed by atoms with van der Waals surface area (Å²) in [5.74, 6) is 1.42. The van der Waals surface area contributed by atoms with Gasteiger partial charge < -0.3 is 10.2 Å². The van der Waals surface area contributed by atoms with Gasteiger partial charge in [-0.3, -0.25) is 0 Å². The van der Waals surface area contributed by atoms with Gasteiger partial charge in [0, 0.05) is 30.9 Å². The fraction of sp³-hybridized carbons (Fsp3) is 0.444. The van der Waals surface area contributed by atoms with Gasteiger partial charge in [0.1, 0.15) is 12.1 Å². The first-order chi connectivity index (χ1) is 10.5. The Morgan fingerprint density at radius 3 is 2.50 bits per heavy atom. The zero-order valence-electron chi connectivity index (χ0n) is 14.0. The molecule has 0 aliphatic heterocycles. The lowest BCUT2D eigenvalue weighted by atomic mass is 10.0. The summed E-state index contributed by atoms with van der Waals surface area (Å²) in [6.45, 7) is 8.38. The van der Waals surface area contributed by atoms with E-state index in [0.717, 1.165) is 24.6 Å². The summed E-state index contributed by atoms with van der Waals surface area (Å²) < 4.78 is 0. The summed E-state index contributed by atoms with van der Waals surface area (Å²) in [6.07, 6.45) is 1.61. The molecule has 1 aromatic carbocycles. The second kappa shape index (κ2) is 7.90. The molecule has 1 heterocycles. The van der Waals surface area contributed by atoms with Gasteiger partial charge in [-0.1, -0.05) is 44.2 Å². The number of benzene rings is 1. The summed E-state index contributed by atoms with van der Waals surface area (Å²) in [7, 11) is 2.16. The maximum Gasteiger partial charge on any atom is 0.129 e. The van der Waals surface area contributed by atoms with Crippen molar-refractivity contribution in [3.8, 4) is 0 Å². The lowest BCUT2D eigenvalue weighted by Crippen LogP contribution is -2.38. The van der Waals surface area contributed by atoms with Gasteiger partial charge >= 0.3 is 0 Å². The average Bonchev–Trinajstić information content (AvgIpc) is 2.47. The maximum atomic E-state index is 4.31. The summed E-state index contributed by atoms with van der Waals surface area (Å²) in [4.78, 5) is 10.8. The van der Waals surface area contributed by atoms with Crippen molar-refractivity contribution in [3.05, 3.63) is 54.0 Å². The van der Waals surface area contributed by atoms with Crippen molar-refractivity contribution >= 4 is 5.82 Å². The van der Waals surface area contributed by atoms with Crippen molar-refractivity contribution in [2.24, 2.45) is 5.92 Å². The second-order valence-electron chi connectivity index (χ2n) is 6.22. The van der Waals surface area contributed by atoms with E-state index in [1.54, 1.807) is 6.33 Å². The zero-order chi connectivity index (χ0) is 15.9. The Labute approximate surface area is 133 Å². The van der Waals surface area contributed by atoms with Crippen LogP contribution in [0.3, 0.4) is 0 Å². The average molecular weight is 298 g/mol. The lowest BCUT2D eigenvalue weighted by Gasteiger charge is -2.28. The molecule has 0 bridgehead atoms. The smallest absolute Gasteiger partial charge is 0.129 e. The molecule has 0 saturated carbocycles. The summed E-state index contributed by atoms with van der Waals surface area (Å²) in [5.41, 5.74) is 2.32. The van der Waals surface area contributed by atoms with Crippen LogP contribution in [0.2, 0.25) is 0 Å². The molecule has 0 aliphatic rings. The first-order valence-corrected chi connectivity index (χ1v) is 7.82. The highest BCUT2D eigenvalue weighted by Gasteiger charge is 2.16. The van der Waals surface area contributed by atoms with Crippen LogP contribution in [0.15, 0.2) is 42.7 Å². The van der Waals surface area contributed by atoms with Crippen molar-refractivity contribution in [1.82, 2.24) is 14.9 Å². The molecule has 0 saturated heterocycles. The maximum absolute atomic E-state index is 4.31. The van der Waals surface area contributed by atoms with Crippen LogP contribution < -0.4 is 5.32 Å². The normalized spacial score (nSPS) is 12.6. The van der Waals surface area contributed by atoms with Gasteiger partial charge in [0.05, 0.1) is 0 Å². The second-order valence-corrected chi connectivity index (χ2v) is 6.22. The van der Waals surface area contributed by atoms with Crippen LogP contribution in [0.4, 0.5) is 5.82 Å². The van der Waals surface area contributed by atoms with Gasteiger partial charge in [0.15, 0.2) is 0 Å². The Morgan fingerprint density at radius 1 is 1.14 bits per heavy atom. The SMILES string of the molecule is Cc1cc(NC(CN(C)Cc2ccccc2)C(C)C)ncn1. The Kier molecular flexibility index (Phi) is 5.90. The van der Waals surface area contributed by atoms with Crippen molar-refractivity contribution in [2.45, 2.75) is 33.4 Å². The molecule has 0 radical (unpaired) electrons. The van der Waals surface area contributed by atoms with Crippen LogP contribution >= 0.6 is 0 Å². The third-order valence-electron chi connectivity index (χ3n) is 3.75. The minimum absolute atomic E-state index is 0.350. The Bertz CT molecular complexity index is 568. The van der Waals surface area contributed by atoms with Gasteiger partial charge in [-0.05, 0) is 25.5 Å². The number of nitrogens with one attached hydrogen (secondary N) is 1. The minimum Gasteiger partial charge on any atom is -0.366 e. The molecule has 22 heavy (non-hydrogen) atoms. The quantitative estimate of drug-likeness (QED) is 0.851. The number of aromatic nitrogens is 2. The lowest BCUT2D eigenvalue weighted by molar-refractivity contribution is 0.286. The molecule has 1 N–H and O–H groups in total. The molecular formula is C18H26N4. The molecule has 118 valence electrons. The van der Waals surface area contributed by atoms with Gasteiger partial charge in [-0.2, -0.15) is 0 Å². The molecule has 0 fully saturated rings. The fourth-order valence-electron chi connectivity index (χ4n) is 2.44. The van der Waals surface area contributed by atoms with E-state index >= 15 is 0 Å². The van der Waals surface area contributed by atoms with Crippen molar-refractivity contribution < 1.29 is 0 Å². The number of nitrogens with zero attached hydrogens (tertiary/aromatic N) is 3. The number of hydrogen-bond acceptors (Lipinski definition) is 4. The first-order valence-electron chi connectivity index (χ1n) is 7.82. The van der Waals surface area contributed by atoms with Crippen LogP contribution in [-0.2, 0) is 6.54 Å². The zero-order valence-corrected chi connectivity index (χ0v) is 14.0. The molecule has 2 aromatic rings. The molecule has 0 aliphatic carbocycles. The monoisotopic (exact) mass is 298 g/mol. The number of likely N-dealkylation sites (N-methyl/N-ethyl adjacent to an activating group) is 1. The van der Waals surface area contributed by atoms with E-state index in [4.69, 9.17) is 0 Å². The highest BCUT2D eigenvalue weighted by atomic mass is 15.1. The molecule has 1 unspecified atom stereocenters. The predicted octanol–water partition coefficient (Wildman–Crippen LogP) is 3.35. The molecule has 4 heteroatoms. The van der Waals surface area contributed by atoms with Crippen molar-refractivity contribution in [3.63, 3.8) is 0 Å². The molecule has 0 amide bonds. The van der Waals surface area contributed by atoms with Gasteiger partial charge in [-0.25, -0.2) is 9.97 Å². The Hall–Kier alpha value is -1.94. The van der Waals surface area contributed by atoms with Crippen LogP contribution in [0.5, 0.6) is 0 Å². The number of hydrogen-bond donors (Lipinski definition) is 1. The van der Waals surface area contributed by atoms with E-state index in [1.165, 1.54) is 5.56 Å². The van der Waals surface area contributed by atoms with Gasteiger partial charge in [0.2, 0.25) is 0 Å². The highest BCUT2D eigenvalue weighted by Crippen LogP contribution is 2.13. The van der Waals surface area contributed by atoms with Crippen LogP contribution in [0, 0.1) is 12.8 Å². The van der Waals surface area contributed by atoms with E-state index < -0.39 is 0 Å². The molecule has 0 spiro atoms. The van der Waals surface area contributed by atoms with E-state index in [0.29, 0.717) is 12.0 Å². The van der Waals surface area contributed by atoms with Crippen molar-refractivity contribution in [1.29, 1.82) is 0 Å². The minimum atomic E-state index is 0.350. The molecule has 1 atom stereocenters. The summed E-state index contributed by atoms with van der Waals surface area (Å²) in [6, 6.07) is 12.9. The van der Waals surface area contributed by atoms with E-state index in [9.17, 15) is 0 Å².